The fourth-order valence-electron chi connectivity index (χ4n) is 2.50. The third-order valence-electron chi connectivity index (χ3n) is 3.72. The Hall–Kier alpha value is -1.68. The van der Waals surface area contributed by atoms with Gasteiger partial charge in [0, 0.05) is 19.4 Å². The molecule has 0 aliphatic rings. The number of nitrogens with two attached hydrogens (primary N) is 1. The maximum atomic E-state index is 11.7. The van der Waals surface area contributed by atoms with Crippen LogP contribution in [0.4, 0.5) is 5.82 Å². The highest BCUT2D eigenvalue weighted by Gasteiger charge is 2.40. The van der Waals surface area contributed by atoms with Gasteiger partial charge in [0.25, 0.3) is 0 Å². The first-order valence-electron chi connectivity index (χ1n) is 9.01. The molecule has 0 aliphatic carbocycles. The molecule has 0 aromatic carbocycles. The van der Waals surface area contributed by atoms with E-state index in [0.717, 1.165) is 0 Å². The molecule has 0 radical (unpaired) electrons. The molecule has 2 unspecified atom stereocenters. The molecule has 2 heterocycles. The Bertz CT molecular complexity index is 1130. The lowest BCUT2D eigenvalue weighted by Crippen LogP contribution is -2.05. The summed E-state index contributed by atoms with van der Waals surface area (Å²) < 4.78 is 47.0. The lowest BCUT2D eigenvalue weighted by atomic mass is 10.2. The first kappa shape index (κ1) is 26.6. The van der Waals surface area contributed by atoms with Crippen molar-refractivity contribution in [2.75, 3.05) is 12.3 Å². The number of imidazole rings is 1. The summed E-state index contributed by atoms with van der Waals surface area (Å²) in [7, 11) is -16.1. The number of nitrogens with zero attached hydrogens (tertiary/aromatic N) is 4. The summed E-state index contributed by atoms with van der Waals surface area (Å²) in [4.78, 5) is 48.3. The largest absolute Gasteiger partial charge is 0.490 e. The number of terminal acetylenes is 1. The van der Waals surface area contributed by atoms with Gasteiger partial charge in [-0.15, -0.1) is 12.3 Å². The van der Waals surface area contributed by atoms with Crippen molar-refractivity contribution in [1.82, 2.24) is 19.5 Å². The van der Waals surface area contributed by atoms with Gasteiger partial charge in [-0.25, -0.2) is 28.6 Å². The van der Waals surface area contributed by atoms with Crippen LogP contribution >= 0.6 is 23.5 Å². The van der Waals surface area contributed by atoms with E-state index >= 15 is 0 Å². The van der Waals surface area contributed by atoms with Crippen molar-refractivity contribution in [2.24, 2.45) is 0 Å². The second-order valence-corrected chi connectivity index (χ2v) is 10.7. The molecule has 0 aliphatic heterocycles. The Morgan fingerprint density at radius 3 is 2.44 bits per heavy atom. The SMILES string of the molecule is C#CCCCc1nc(N)c2ncn(CCCCOP(=O)(O)OP(=O)(O)OP(=O)(O)O)c2n1. The van der Waals surface area contributed by atoms with Crippen molar-refractivity contribution < 1.29 is 46.4 Å². The average Bonchev–Trinajstić information content (AvgIpc) is 3.02. The predicted octanol–water partition coefficient (Wildman–Crippen LogP) is 1.49. The summed E-state index contributed by atoms with van der Waals surface area (Å²) in [6.07, 6.45) is 9.21. The molecule has 6 N–H and O–H groups in total. The number of unbranched alkanes of at least 4 members (excludes halogenated alkanes) is 2. The minimum Gasteiger partial charge on any atom is -0.382 e. The monoisotopic (exact) mass is 513 g/mol. The van der Waals surface area contributed by atoms with Crippen molar-refractivity contribution in [3.05, 3.63) is 12.2 Å². The number of anilines is 1. The molecule has 2 rings (SSSR count). The topological polar surface area (TPSA) is 229 Å². The van der Waals surface area contributed by atoms with Crippen LogP contribution in [0.25, 0.3) is 11.2 Å². The van der Waals surface area contributed by atoms with Crippen molar-refractivity contribution in [3.8, 4) is 12.3 Å². The number of phosphoric acid groups is 3. The molecule has 2 atom stereocenters. The maximum Gasteiger partial charge on any atom is 0.490 e. The first-order valence-corrected chi connectivity index (χ1v) is 13.5. The predicted molar refractivity (Wildman–Crippen MR) is 111 cm³/mol. The number of aromatic nitrogens is 4. The highest BCUT2D eigenvalue weighted by molar-refractivity contribution is 7.66. The number of rotatable bonds is 13. The quantitative estimate of drug-likeness (QED) is 0.145. The summed E-state index contributed by atoms with van der Waals surface area (Å²) in [6, 6.07) is 0. The molecule has 0 amide bonds. The molecule has 0 fully saturated rings. The van der Waals surface area contributed by atoms with Crippen LogP contribution in [0.15, 0.2) is 6.33 Å². The number of fused-ring (bicyclic) bond motifs is 1. The fraction of sp³-hybridized carbons (Fsp3) is 0.500. The van der Waals surface area contributed by atoms with Crippen LogP contribution in [0.5, 0.6) is 0 Å². The minimum absolute atomic E-state index is 0.207. The van der Waals surface area contributed by atoms with Crippen molar-refractivity contribution in [2.45, 2.75) is 38.6 Å². The highest BCUT2D eigenvalue weighted by atomic mass is 31.3. The summed E-state index contributed by atoms with van der Waals surface area (Å²) in [5, 5.41) is 0. The summed E-state index contributed by atoms with van der Waals surface area (Å²) in [5.41, 5.74) is 6.87. The molecule has 0 spiro atoms. The average molecular weight is 513 g/mol. The Morgan fingerprint density at radius 1 is 1.06 bits per heavy atom. The molecule has 2 aromatic heterocycles. The number of hydrogen-bond donors (Lipinski definition) is 5. The van der Waals surface area contributed by atoms with Gasteiger partial charge in [-0.3, -0.25) is 4.52 Å². The molecule has 32 heavy (non-hydrogen) atoms. The van der Waals surface area contributed by atoms with Crippen molar-refractivity contribution >= 4 is 40.4 Å². The fourth-order valence-corrected chi connectivity index (χ4v) is 5.56. The van der Waals surface area contributed by atoms with Gasteiger partial charge in [0.1, 0.15) is 11.3 Å². The first-order chi connectivity index (χ1) is 14.8. The normalized spacial score (nSPS) is 15.8. The van der Waals surface area contributed by atoms with E-state index in [1.165, 1.54) is 6.33 Å². The second kappa shape index (κ2) is 11.0. The Kier molecular flexibility index (Phi) is 9.10. The minimum atomic E-state index is -5.53. The van der Waals surface area contributed by atoms with Crippen LogP contribution in [-0.4, -0.2) is 45.7 Å². The van der Waals surface area contributed by atoms with Gasteiger partial charge in [-0.1, -0.05) is 0 Å². The van der Waals surface area contributed by atoms with E-state index in [1.807, 2.05) is 0 Å². The molecule has 178 valence electrons. The van der Waals surface area contributed by atoms with Gasteiger partial charge >= 0.3 is 23.5 Å². The van der Waals surface area contributed by atoms with E-state index in [-0.39, 0.29) is 18.8 Å². The van der Waals surface area contributed by atoms with Crippen LogP contribution < -0.4 is 5.73 Å². The Morgan fingerprint density at radius 2 is 1.78 bits per heavy atom. The highest BCUT2D eigenvalue weighted by Crippen LogP contribution is 2.66. The van der Waals surface area contributed by atoms with Crippen LogP contribution in [0, 0.1) is 12.3 Å². The molecule has 18 heteroatoms. The van der Waals surface area contributed by atoms with Crippen molar-refractivity contribution in [3.63, 3.8) is 0 Å². The smallest absolute Gasteiger partial charge is 0.382 e. The van der Waals surface area contributed by atoms with Crippen LogP contribution in [0.2, 0.25) is 0 Å². The van der Waals surface area contributed by atoms with Gasteiger partial charge in [-0.05, 0) is 19.3 Å². The molecular formula is C14H22N5O10P3. The number of phosphoric ester groups is 1. The van der Waals surface area contributed by atoms with Crippen LogP contribution in [0.1, 0.15) is 31.5 Å². The lowest BCUT2D eigenvalue weighted by molar-refractivity contribution is 0.169. The van der Waals surface area contributed by atoms with Gasteiger partial charge < -0.3 is 29.9 Å². The van der Waals surface area contributed by atoms with E-state index in [2.05, 4.69) is 34.0 Å². The zero-order chi connectivity index (χ0) is 24.0. The zero-order valence-corrected chi connectivity index (χ0v) is 19.2. The maximum absolute atomic E-state index is 11.7. The number of nitrogen functional groups attached to an aromatic ring is 1. The zero-order valence-electron chi connectivity index (χ0n) is 16.6. The lowest BCUT2D eigenvalue weighted by Gasteiger charge is -2.16. The van der Waals surface area contributed by atoms with E-state index in [0.29, 0.717) is 49.2 Å². The van der Waals surface area contributed by atoms with E-state index in [1.54, 1.807) is 4.57 Å². The van der Waals surface area contributed by atoms with Crippen LogP contribution in [0.3, 0.4) is 0 Å². The van der Waals surface area contributed by atoms with Crippen molar-refractivity contribution in [1.29, 1.82) is 0 Å². The summed E-state index contributed by atoms with van der Waals surface area (Å²) in [5.74, 6) is 3.30. The van der Waals surface area contributed by atoms with E-state index in [9.17, 15) is 18.6 Å². The Labute approximate surface area is 182 Å². The van der Waals surface area contributed by atoms with E-state index < -0.39 is 23.5 Å². The third-order valence-corrected chi connectivity index (χ3v) is 7.56. The van der Waals surface area contributed by atoms with Gasteiger partial charge in [0.05, 0.1) is 12.9 Å². The molecule has 0 saturated carbocycles. The molecular weight excluding hydrogens is 491 g/mol. The third kappa shape index (κ3) is 8.69. The van der Waals surface area contributed by atoms with E-state index in [4.69, 9.17) is 26.8 Å². The molecule has 0 saturated heterocycles. The number of hydrogen-bond acceptors (Lipinski definition) is 10. The summed E-state index contributed by atoms with van der Waals surface area (Å²) >= 11 is 0. The van der Waals surface area contributed by atoms with Crippen LogP contribution in [-0.2, 0) is 39.8 Å². The van der Waals surface area contributed by atoms with Gasteiger partial charge in [-0.2, -0.15) is 8.62 Å². The molecule has 15 nitrogen and oxygen atoms in total. The van der Waals surface area contributed by atoms with Gasteiger partial charge in [0.15, 0.2) is 11.5 Å². The standard InChI is InChI=1S/C14H22N5O10P3/c1-2-3-4-7-11-17-13(15)12-14(18-11)19(10-16-12)8-5-6-9-27-31(23,24)29-32(25,26)28-30(20,21)22/h1,10H,3-9H2,(H,23,24)(H,25,26)(H2,15,17,18)(H2,20,21,22). The van der Waals surface area contributed by atoms with Gasteiger partial charge in [0.2, 0.25) is 0 Å². The number of aryl methyl sites for hydroxylation is 2. The second-order valence-electron chi connectivity index (χ2n) is 6.32. The summed E-state index contributed by atoms with van der Waals surface area (Å²) in [6.45, 7) is 0.0152. The molecule has 2 aromatic rings. The molecule has 0 bridgehead atoms. The Balaban J connectivity index is 1.88.